The van der Waals surface area contributed by atoms with Gasteiger partial charge < -0.3 is 15.4 Å². The average Bonchev–Trinajstić information content (AvgIpc) is 3.29. The summed E-state index contributed by atoms with van der Waals surface area (Å²) < 4.78 is 20.7. The molecule has 1 atom stereocenters. The Labute approximate surface area is 195 Å². The number of carbonyl (C=O) groups excluding carboxylic acids is 2. The molecule has 8 heteroatoms. The minimum Gasteiger partial charge on any atom is -0.477 e. The topological polar surface area (TPSA) is 90.5 Å². The van der Waals surface area contributed by atoms with Crippen LogP contribution in [0.4, 0.5) is 10.1 Å². The van der Waals surface area contributed by atoms with Crippen molar-refractivity contribution in [3.63, 3.8) is 0 Å². The van der Waals surface area contributed by atoms with E-state index in [4.69, 9.17) is 10.5 Å². The van der Waals surface area contributed by atoms with Crippen LogP contribution in [0.2, 0.25) is 0 Å². The standard InChI is InChI=1S/C26H21FN4O3/c1-16-5-4-6-17(13-16)24-20(14-31(29-24)19-11-9-18(27)10-12-19)26(33)30-15-23(25(28)32)34-22-8-3-2-7-21(22)30/h2-14,23H,15H2,1H3,(H2,28,32). The summed E-state index contributed by atoms with van der Waals surface area (Å²) in [5, 5.41) is 4.67. The van der Waals surface area contributed by atoms with Crippen LogP contribution >= 0.6 is 0 Å². The molecule has 0 saturated carbocycles. The Morgan fingerprint density at radius 1 is 1.06 bits per heavy atom. The molecule has 0 aliphatic carbocycles. The van der Waals surface area contributed by atoms with Gasteiger partial charge in [0.2, 0.25) is 0 Å². The number of anilines is 1. The molecule has 170 valence electrons. The van der Waals surface area contributed by atoms with E-state index in [2.05, 4.69) is 5.10 Å². The summed E-state index contributed by atoms with van der Waals surface area (Å²) in [4.78, 5) is 27.3. The third-order valence-corrected chi connectivity index (χ3v) is 5.66. The maximum absolute atomic E-state index is 13.9. The van der Waals surface area contributed by atoms with E-state index in [1.54, 1.807) is 47.3 Å². The number of halogens is 1. The number of hydrogen-bond donors (Lipinski definition) is 1. The van der Waals surface area contributed by atoms with Crippen molar-refractivity contribution >= 4 is 17.5 Å². The van der Waals surface area contributed by atoms with Crippen molar-refractivity contribution in [2.75, 3.05) is 11.4 Å². The van der Waals surface area contributed by atoms with Crippen molar-refractivity contribution in [1.29, 1.82) is 0 Å². The Kier molecular flexibility index (Phi) is 5.33. The molecule has 1 unspecified atom stereocenters. The fourth-order valence-electron chi connectivity index (χ4n) is 3.98. The molecule has 2 N–H and O–H groups in total. The first-order valence-electron chi connectivity index (χ1n) is 10.7. The van der Waals surface area contributed by atoms with Crippen LogP contribution in [-0.4, -0.2) is 34.2 Å². The monoisotopic (exact) mass is 456 g/mol. The lowest BCUT2D eigenvalue weighted by Gasteiger charge is -2.33. The van der Waals surface area contributed by atoms with Gasteiger partial charge in [-0.2, -0.15) is 5.10 Å². The van der Waals surface area contributed by atoms with Crippen LogP contribution in [0.1, 0.15) is 15.9 Å². The van der Waals surface area contributed by atoms with Gasteiger partial charge in [0.15, 0.2) is 6.10 Å². The quantitative estimate of drug-likeness (QED) is 0.505. The third kappa shape index (κ3) is 3.90. The molecule has 0 fully saturated rings. The molecule has 2 amide bonds. The van der Waals surface area contributed by atoms with E-state index in [-0.39, 0.29) is 18.3 Å². The molecular formula is C26H21FN4O3. The van der Waals surface area contributed by atoms with Gasteiger partial charge in [-0.25, -0.2) is 9.07 Å². The highest BCUT2D eigenvalue weighted by Crippen LogP contribution is 2.35. The van der Waals surface area contributed by atoms with Gasteiger partial charge in [0, 0.05) is 11.8 Å². The fraction of sp³-hybridized carbons (Fsp3) is 0.115. The Hall–Kier alpha value is -4.46. The number of rotatable bonds is 4. The Morgan fingerprint density at radius 3 is 2.56 bits per heavy atom. The van der Waals surface area contributed by atoms with Crippen LogP contribution in [0.5, 0.6) is 5.75 Å². The van der Waals surface area contributed by atoms with Crippen molar-refractivity contribution in [3.8, 4) is 22.7 Å². The highest BCUT2D eigenvalue weighted by Gasteiger charge is 2.35. The normalized spacial score (nSPS) is 14.9. The van der Waals surface area contributed by atoms with Gasteiger partial charge in [0.1, 0.15) is 17.3 Å². The Morgan fingerprint density at radius 2 is 1.82 bits per heavy atom. The largest absolute Gasteiger partial charge is 0.477 e. The number of nitrogens with two attached hydrogens (primary N) is 1. The van der Waals surface area contributed by atoms with E-state index in [9.17, 15) is 14.0 Å². The van der Waals surface area contributed by atoms with E-state index < -0.39 is 12.0 Å². The van der Waals surface area contributed by atoms with Crippen LogP contribution in [0.15, 0.2) is 79.0 Å². The molecule has 0 saturated heterocycles. The molecule has 0 spiro atoms. The predicted octanol–water partition coefficient (Wildman–Crippen LogP) is 3.88. The van der Waals surface area contributed by atoms with E-state index in [0.29, 0.717) is 28.4 Å². The average molecular weight is 456 g/mol. The number of nitrogens with zero attached hydrogens (tertiary/aromatic N) is 3. The molecule has 1 aliphatic heterocycles. The molecule has 4 aromatic rings. The molecule has 1 aromatic heterocycles. The van der Waals surface area contributed by atoms with Gasteiger partial charge in [0.05, 0.1) is 23.5 Å². The molecule has 2 heterocycles. The lowest BCUT2D eigenvalue weighted by atomic mass is 10.0. The summed E-state index contributed by atoms with van der Waals surface area (Å²) in [5.74, 6) is -0.984. The zero-order valence-electron chi connectivity index (χ0n) is 18.3. The van der Waals surface area contributed by atoms with Crippen molar-refractivity contribution in [1.82, 2.24) is 9.78 Å². The predicted molar refractivity (Wildman–Crippen MR) is 125 cm³/mol. The zero-order valence-corrected chi connectivity index (χ0v) is 18.3. The van der Waals surface area contributed by atoms with Gasteiger partial charge in [-0.3, -0.25) is 9.59 Å². The number of carbonyl (C=O) groups is 2. The second kappa shape index (κ2) is 8.47. The van der Waals surface area contributed by atoms with Crippen molar-refractivity contribution in [2.45, 2.75) is 13.0 Å². The maximum Gasteiger partial charge on any atom is 0.262 e. The Balaban J connectivity index is 1.64. The fourth-order valence-corrected chi connectivity index (χ4v) is 3.98. The SMILES string of the molecule is Cc1cccc(-c2nn(-c3ccc(F)cc3)cc2C(=O)N2CC(C(N)=O)Oc3ccccc32)c1. The van der Waals surface area contributed by atoms with Gasteiger partial charge in [0.25, 0.3) is 11.8 Å². The number of fused-ring (bicyclic) bond motifs is 1. The third-order valence-electron chi connectivity index (χ3n) is 5.66. The summed E-state index contributed by atoms with van der Waals surface area (Å²) in [6.45, 7) is 1.93. The van der Waals surface area contributed by atoms with Crippen LogP contribution in [-0.2, 0) is 4.79 Å². The molecule has 1 aliphatic rings. The van der Waals surface area contributed by atoms with Gasteiger partial charge in [-0.15, -0.1) is 0 Å². The number of benzene rings is 3. The van der Waals surface area contributed by atoms with Crippen LogP contribution in [0.25, 0.3) is 16.9 Å². The number of aromatic nitrogens is 2. The van der Waals surface area contributed by atoms with Crippen LogP contribution in [0, 0.1) is 12.7 Å². The van der Waals surface area contributed by atoms with E-state index in [0.717, 1.165) is 11.1 Å². The molecule has 34 heavy (non-hydrogen) atoms. The summed E-state index contributed by atoms with van der Waals surface area (Å²) in [7, 11) is 0. The van der Waals surface area contributed by atoms with Crippen molar-refractivity contribution in [2.24, 2.45) is 5.73 Å². The van der Waals surface area contributed by atoms with Crippen molar-refractivity contribution < 1.29 is 18.7 Å². The number of hydrogen-bond acceptors (Lipinski definition) is 4. The highest BCUT2D eigenvalue weighted by molar-refractivity contribution is 6.11. The number of primary amides is 1. The smallest absolute Gasteiger partial charge is 0.262 e. The van der Waals surface area contributed by atoms with E-state index in [1.807, 2.05) is 31.2 Å². The highest BCUT2D eigenvalue weighted by atomic mass is 19.1. The number of ether oxygens (including phenoxy) is 1. The first kappa shape index (κ1) is 21.4. The molecule has 7 nitrogen and oxygen atoms in total. The lowest BCUT2D eigenvalue weighted by Crippen LogP contribution is -2.49. The summed E-state index contributed by atoms with van der Waals surface area (Å²) in [5.41, 5.74) is 9.22. The summed E-state index contributed by atoms with van der Waals surface area (Å²) in [6.07, 6.45) is 0.637. The number of amides is 2. The van der Waals surface area contributed by atoms with Crippen LogP contribution < -0.4 is 15.4 Å². The summed E-state index contributed by atoms with van der Waals surface area (Å²) >= 11 is 0. The minimum absolute atomic E-state index is 0.0276. The number of aryl methyl sites for hydroxylation is 1. The van der Waals surface area contributed by atoms with E-state index >= 15 is 0 Å². The van der Waals surface area contributed by atoms with E-state index in [1.165, 1.54) is 17.0 Å². The molecule has 5 rings (SSSR count). The summed E-state index contributed by atoms with van der Waals surface area (Å²) in [6, 6.07) is 20.5. The zero-order chi connectivity index (χ0) is 23.8. The molecule has 3 aromatic carbocycles. The minimum atomic E-state index is -0.978. The maximum atomic E-state index is 13.9. The van der Waals surface area contributed by atoms with Crippen molar-refractivity contribution in [3.05, 3.63) is 95.9 Å². The second-order valence-electron chi connectivity index (χ2n) is 8.07. The second-order valence-corrected chi connectivity index (χ2v) is 8.07. The first-order valence-corrected chi connectivity index (χ1v) is 10.7. The van der Waals surface area contributed by atoms with Gasteiger partial charge >= 0.3 is 0 Å². The molecular weight excluding hydrogens is 435 g/mol. The molecule has 0 radical (unpaired) electrons. The van der Waals surface area contributed by atoms with Gasteiger partial charge in [-0.05, 0) is 49.4 Å². The molecule has 0 bridgehead atoms. The first-order chi connectivity index (χ1) is 16.4. The van der Waals surface area contributed by atoms with Gasteiger partial charge in [-0.1, -0.05) is 35.9 Å². The number of para-hydroxylation sites is 2. The lowest BCUT2D eigenvalue weighted by molar-refractivity contribution is -0.124. The Bertz CT molecular complexity index is 1400. The van der Waals surface area contributed by atoms with Crippen LogP contribution in [0.3, 0.4) is 0 Å².